The third-order valence-electron chi connectivity index (χ3n) is 4.89. The summed E-state index contributed by atoms with van der Waals surface area (Å²) in [5.41, 5.74) is 1.68. The summed E-state index contributed by atoms with van der Waals surface area (Å²) < 4.78 is 11.0. The summed E-state index contributed by atoms with van der Waals surface area (Å²) in [6.45, 7) is 0.331. The van der Waals surface area contributed by atoms with Crippen molar-refractivity contribution in [3.63, 3.8) is 0 Å². The van der Waals surface area contributed by atoms with Crippen molar-refractivity contribution in [2.24, 2.45) is 0 Å². The van der Waals surface area contributed by atoms with Crippen molar-refractivity contribution in [1.29, 1.82) is 0 Å². The first-order chi connectivity index (χ1) is 15.6. The largest absolute Gasteiger partial charge is 0.497 e. The molecule has 0 aliphatic carbocycles. The summed E-state index contributed by atoms with van der Waals surface area (Å²) in [5, 5.41) is 2.22. The highest BCUT2D eigenvalue weighted by molar-refractivity contribution is 6.39. The van der Waals surface area contributed by atoms with Gasteiger partial charge in [0, 0.05) is 5.56 Å². The lowest BCUT2D eigenvalue weighted by atomic mass is 10.1. The summed E-state index contributed by atoms with van der Waals surface area (Å²) >= 11 is 0. The van der Waals surface area contributed by atoms with Gasteiger partial charge in [0.25, 0.3) is 11.8 Å². The van der Waals surface area contributed by atoms with Crippen LogP contribution in [0.4, 0.5) is 10.5 Å². The quantitative estimate of drug-likeness (QED) is 0.475. The van der Waals surface area contributed by atoms with E-state index in [9.17, 15) is 14.4 Å². The van der Waals surface area contributed by atoms with Crippen LogP contribution >= 0.6 is 0 Å². The van der Waals surface area contributed by atoms with Gasteiger partial charge in [-0.25, -0.2) is 9.69 Å². The minimum absolute atomic E-state index is 0.170. The standard InChI is InChI=1S/C25H20N2O5/c1-31-20-13-11-19(12-14-20)27-24(29)21(23(28)26-25(27)30)15-18-9-5-6-10-22(18)32-16-17-7-3-2-4-8-17/h2-15H,16H2,1H3,(H,26,28,30)/b21-15+. The van der Waals surface area contributed by atoms with Crippen LogP contribution in [0.5, 0.6) is 11.5 Å². The van der Waals surface area contributed by atoms with Crippen molar-refractivity contribution in [2.75, 3.05) is 12.0 Å². The second-order valence-electron chi connectivity index (χ2n) is 6.97. The topological polar surface area (TPSA) is 84.9 Å². The van der Waals surface area contributed by atoms with Gasteiger partial charge < -0.3 is 9.47 Å². The van der Waals surface area contributed by atoms with Crippen LogP contribution in [0, 0.1) is 0 Å². The van der Waals surface area contributed by atoms with Crippen LogP contribution in [0.25, 0.3) is 6.08 Å². The fourth-order valence-corrected chi connectivity index (χ4v) is 3.25. The second kappa shape index (κ2) is 9.18. The molecule has 1 saturated heterocycles. The van der Waals surface area contributed by atoms with Crippen LogP contribution < -0.4 is 19.7 Å². The number of nitrogens with zero attached hydrogens (tertiary/aromatic N) is 1. The van der Waals surface area contributed by atoms with Gasteiger partial charge in [-0.15, -0.1) is 0 Å². The van der Waals surface area contributed by atoms with E-state index in [1.54, 1.807) is 48.5 Å². The molecule has 0 saturated carbocycles. The lowest BCUT2D eigenvalue weighted by molar-refractivity contribution is -0.122. The molecule has 0 spiro atoms. The summed E-state index contributed by atoms with van der Waals surface area (Å²) in [6.07, 6.45) is 1.43. The first kappa shape index (κ1) is 20.9. The zero-order valence-corrected chi connectivity index (χ0v) is 17.3. The molecule has 7 nitrogen and oxygen atoms in total. The summed E-state index contributed by atoms with van der Waals surface area (Å²) in [7, 11) is 1.52. The molecular weight excluding hydrogens is 408 g/mol. The van der Waals surface area contributed by atoms with Gasteiger partial charge in [0.2, 0.25) is 0 Å². The van der Waals surface area contributed by atoms with E-state index in [1.165, 1.54) is 13.2 Å². The Balaban J connectivity index is 1.63. The molecule has 0 aromatic heterocycles. The van der Waals surface area contributed by atoms with Gasteiger partial charge in [0.15, 0.2) is 0 Å². The van der Waals surface area contributed by atoms with Gasteiger partial charge in [0.1, 0.15) is 23.7 Å². The number of imide groups is 2. The van der Waals surface area contributed by atoms with Crippen molar-refractivity contribution in [2.45, 2.75) is 6.61 Å². The number of hydrogen-bond donors (Lipinski definition) is 1. The van der Waals surface area contributed by atoms with Gasteiger partial charge in [-0.05, 0) is 42.0 Å². The highest BCUT2D eigenvalue weighted by Crippen LogP contribution is 2.27. The highest BCUT2D eigenvalue weighted by Gasteiger charge is 2.37. The molecule has 3 aromatic carbocycles. The van der Waals surface area contributed by atoms with Crippen molar-refractivity contribution in [1.82, 2.24) is 5.32 Å². The lowest BCUT2D eigenvalue weighted by Gasteiger charge is -2.26. The van der Waals surface area contributed by atoms with E-state index in [1.807, 2.05) is 30.3 Å². The van der Waals surface area contributed by atoms with Gasteiger partial charge in [-0.1, -0.05) is 48.5 Å². The molecular formula is C25H20N2O5. The molecule has 160 valence electrons. The third-order valence-corrected chi connectivity index (χ3v) is 4.89. The molecule has 4 amide bonds. The van der Waals surface area contributed by atoms with Gasteiger partial charge in [0.05, 0.1) is 12.8 Å². The Bertz CT molecular complexity index is 1190. The van der Waals surface area contributed by atoms with E-state index in [4.69, 9.17) is 9.47 Å². The number of para-hydroxylation sites is 1. The Morgan fingerprint density at radius 1 is 0.875 bits per heavy atom. The van der Waals surface area contributed by atoms with Gasteiger partial charge in [-0.2, -0.15) is 0 Å². The Morgan fingerprint density at radius 3 is 2.28 bits per heavy atom. The van der Waals surface area contributed by atoms with Crippen molar-refractivity contribution in [3.05, 3.63) is 95.6 Å². The minimum atomic E-state index is -0.809. The highest BCUT2D eigenvalue weighted by atomic mass is 16.5. The van der Waals surface area contributed by atoms with Gasteiger partial charge in [-0.3, -0.25) is 14.9 Å². The monoisotopic (exact) mass is 428 g/mol. The number of rotatable bonds is 6. The predicted octanol–water partition coefficient (Wildman–Crippen LogP) is 3.94. The minimum Gasteiger partial charge on any atom is -0.497 e. The van der Waals surface area contributed by atoms with Crippen LogP contribution in [-0.4, -0.2) is 25.0 Å². The number of barbiturate groups is 1. The van der Waals surface area contributed by atoms with Crippen molar-refractivity contribution >= 4 is 29.6 Å². The number of hydrogen-bond acceptors (Lipinski definition) is 5. The molecule has 1 heterocycles. The fraction of sp³-hybridized carbons (Fsp3) is 0.0800. The Morgan fingerprint density at radius 2 is 1.56 bits per heavy atom. The molecule has 0 unspecified atom stereocenters. The van der Waals surface area contributed by atoms with E-state index in [0.717, 1.165) is 10.5 Å². The average Bonchev–Trinajstić information content (AvgIpc) is 2.82. The fourth-order valence-electron chi connectivity index (χ4n) is 3.25. The van der Waals surface area contributed by atoms with Crippen LogP contribution in [-0.2, 0) is 16.2 Å². The second-order valence-corrected chi connectivity index (χ2v) is 6.97. The maximum Gasteiger partial charge on any atom is 0.335 e. The number of carbonyl (C=O) groups is 3. The van der Waals surface area contributed by atoms with Crippen LogP contribution in [0.3, 0.4) is 0 Å². The molecule has 1 aliphatic rings. The van der Waals surface area contributed by atoms with E-state index in [0.29, 0.717) is 29.4 Å². The molecule has 32 heavy (non-hydrogen) atoms. The maximum absolute atomic E-state index is 13.1. The molecule has 1 N–H and O–H groups in total. The summed E-state index contributed by atoms with van der Waals surface area (Å²) in [6, 6.07) is 22.3. The third kappa shape index (κ3) is 4.37. The molecule has 1 aliphatic heterocycles. The number of amides is 4. The van der Waals surface area contributed by atoms with E-state index in [2.05, 4.69) is 5.32 Å². The first-order valence-corrected chi connectivity index (χ1v) is 9.88. The molecule has 0 atom stereocenters. The molecule has 4 rings (SSSR count). The summed E-state index contributed by atoms with van der Waals surface area (Å²) in [4.78, 5) is 38.9. The number of ether oxygens (including phenoxy) is 2. The van der Waals surface area contributed by atoms with Gasteiger partial charge >= 0.3 is 6.03 Å². The Hall–Kier alpha value is -4.39. The SMILES string of the molecule is COc1ccc(N2C(=O)NC(=O)/C(=C\c3ccccc3OCc3ccccc3)C2=O)cc1. The maximum atomic E-state index is 13.1. The van der Waals surface area contributed by atoms with Crippen molar-refractivity contribution < 1.29 is 23.9 Å². The lowest BCUT2D eigenvalue weighted by Crippen LogP contribution is -2.54. The molecule has 0 radical (unpaired) electrons. The number of benzene rings is 3. The average molecular weight is 428 g/mol. The normalized spacial score (nSPS) is 15.0. The zero-order chi connectivity index (χ0) is 22.5. The summed E-state index contributed by atoms with van der Waals surface area (Å²) in [5.74, 6) is -0.392. The zero-order valence-electron chi connectivity index (χ0n) is 17.3. The predicted molar refractivity (Wildman–Crippen MR) is 119 cm³/mol. The Labute approximate surface area is 184 Å². The Kier molecular flexibility index (Phi) is 5.98. The number of methoxy groups -OCH3 is 1. The molecule has 3 aromatic rings. The van der Waals surface area contributed by atoms with Crippen LogP contribution in [0.15, 0.2) is 84.4 Å². The number of urea groups is 1. The van der Waals surface area contributed by atoms with Crippen LogP contribution in [0.1, 0.15) is 11.1 Å². The number of nitrogens with one attached hydrogen (secondary N) is 1. The van der Waals surface area contributed by atoms with Crippen LogP contribution in [0.2, 0.25) is 0 Å². The molecule has 7 heteroatoms. The smallest absolute Gasteiger partial charge is 0.335 e. The first-order valence-electron chi connectivity index (χ1n) is 9.88. The number of carbonyl (C=O) groups excluding carboxylic acids is 3. The van der Waals surface area contributed by atoms with E-state index >= 15 is 0 Å². The molecule has 0 bridgehead atoms. The van der Waals surface area contributed by atoms with E-state index in [-0.39, 0.29) is 5.57 Å². The molecule has 1 fully saturated rings. The number of anilines is 1. The van der Waals surface area contributed by atoms with Crippen molar-refractivity contribution in [3.8, 4) is 11.5 Å². The van der Waals surface area contributed by atoms with E-state index < -0.39 is 17.8 Å².